The summed E-state index contributed by atoms with van der Waals surface area (Å²) in [6.07, 6.45) is 0.0851. The number of oxazole rings is 1. The van der Waals surface area contributed by atoms with Gasteiger partial charge in [0.25, 0.3) is 5.91 Å². The number of amides is 4. The Hall–Kier alpha value is -3.14. The van der Waals surface area contributed by atoms with Gasteiger partial charge in [-0.15, -0.1) is 0 Å². The maximum absolute atomic E-state index is 13.1. The van der Waals surface area contributed by atoms with Gasteiger partial charge in [-0.3, -0.25) is 19.1 Å². The highest BCUT2D eigenvalue weighted by Gasteiger charge is 2.49. The molecule has 1 unspecified atom stereocenters. The van der Waals surface area contributed by atoms with Crippen molar-refractivity contribution < 1.29 is 23.5 Å². The van der Waals surface area contributed by atoms with Gasteiger partial charge in [0.1, 0.15) is 6.04 Å². The van der Waals surface area contributed by atoms with Gasteiger partial charge in [0.05, 0.1) is 25.2 Å². The SMILES string of the molecule is COCCN1C(=O)C2CN(C(=O)CCn3c(=O)oc4ccccc43)CC(C)(C)CN2C1=O. The van der Waals surface area contributed by atoms with Crippen LogP contribution in [0.4, 0.5) is 4.79 Å². The topological polar surface area (TPSA) is 105 Å². The lowest BCUT2D eigenvalue weighted by atomic mass is 9.92. The molecule has 2 aromatic rings. The maximum Gasteiger partial charge on any atom is 0.419 e. The molecule has 0 saturated carbocycles. The van der Waals surface area contributed by atoms with Crippen LogP contribution in [0.2, 0.25) is 0 Å². The molecule has 0 bridgehead atoms. The third kappa shape index (κ3) is 4.02. The lowest BCUT2D eigenvalue weighted by Crippen LogP contribution is -2.44. The van der Waals surface area contributed by atoms with E-state index in [1.807, 2.05) is 13.8 Å². The average molecular weight is 444 g/mol. The van der Waals surface area contributed by atoms with Crippen molar-refractivity contribution in [3.8, 4) is 0 Å². The zero-order chi connectivity index (χ0) is 23.0. The van der Waals surface area contributed by atoms with Crippen LogP contribution in [0.1, 0.15) is 20.3 Å². The highest BCUT2D eigenvalue weighted by Crippen LogP contribution is 2.30. The highest BCUT2D eigenvalue weighted by atomic mass is 16.5. The smallest absolute Gasteiger partial charge is 0.408 e. The number of aryl methyl sites for hydroxylation is 1. The molecule has 1 aromatic heterocycles. The first kappa shape index (κ1) is 22.1. The standard InChI is InChI=1S/C22H28N4O6/c1-22(2)13-23(12-16-19(28)25(10-11-31-3)20(29)26(16)14-22)18(27)8-9-24-15-6-4-5-7-17(15)32-21(24)30/h4-7,16H,8-14H2,1-3H3. The van der Waals surface area contributed by atoms with Crippen LogP contribution < -0.4 is 5.76 Å². The molecule has 1 aromatic carbocycles. The number of carbonyl (C=O) groups excluding carboxylic acids is 3. The fraction of sp³-hybridized carbons (Fsp3) is 0.545. The second-order valence-electron chi connectivity index (χ2n) is 9.08. The van der Waals surface area contributed by atoms with Crippen LogP contribution >= 0.6 is 0 Å². The van der Waals surface area contributed by atoms with Gasteiger partial charge < -0.3 is 19.0 Å². The number of urea groups is 1. The van der Waals surface area contributed by atoms with E-state index in [1.54, 1.807) is 34.1 Å². The minimum Gasteiger partial charge on any atom is -0.408 e. The lowest BCUT2D eigenvalue weighted by molar-refractivity contribution is -0.134. The summed E-state index contributed by atoms with van der Waals surface area (Å²) < 4.78 is 11.7. The molecule has 1 atom stereocenters. The van der Waals surface area contributed by atoms with Crippen molar-refractivity contribution >= 4 is 28.9 Å². The number of benzene rings is 1. The van der Waals surface area contributed by atoms with E-state index < -0.39 is 17.2 Å². The summed E-state index contributed by atoms with van der Waals surface area (Å²) in [5, 5.41) is 0. The summed E-state index contributed by atoms with van der Waals surface area (Å²) in [5.74, 6) is -0.987. The van der Waals surface area contributed by atoms with Crippen LogP contribution in [0.5, 0.6) is 0 Å². The van der Waals surface area contributed by atoms with E-state index in [2.05, 4.69) is 0 Å². The van der Waals surface area contributed by atoms with Gasteiger partial charge in [0.15, 0.2) is 5.58 Å². The molecule has 0 N–H and O–H groups in total. The Morgan fingerprint density at radius 3 is 2.66 bits per heavy atom. The molecule has 0 aliphatic carbocycles. The van der Waals surface area contributed by atoms with Crippen LogP contribution in [0.3, 0.4) is 0 Å². The van der Waals surface area contributed by atoms with E-state index in [4.69, 9.17) is 9.15 Å². The third-order valence-electron chi connectivity index (χ3n) is 6.01. The van der Waals surface area contributed by atoms with Crippen molar-refractivity contribution in [2.45, 2.75) is 32.9 Å². The van der Waals surface area contributed by atoms with Crippen LogP contribution in [-0.2, 0) is 20.9 Å². The molecule has 10 heteroatoms. The second kappa shape index (κ2) is 8.42. The molecular formula is C22H28N4O6. The Balaban J connectivity index is 1.51. The number of aromatic nitrogens is 1. The first-order valence-electron chi connectivity index (χ1n) is 10.7. The molecule has 172 valence electrons. The monoisotopic (exact) mass is 444 g/mol. The number of para-hydroxylation sites is 2. The normalized spacial score (nSPS) is 20.7. The lowest BCUT2D eigenvalue weighted by Gasteiger charge is -2.30. The number of fused-ring (bicyclic) bond motifs is 2. The van der Waals surface area contributed by atoms with E-state index in [-0.39, 0.29) is 50.5 Å². The summed E-state index contributed by atoms with van der Waals surface area (Å²) in [6.45, 7) is 5.49. The van der Waals surface area contributed by atoms with Gasteiger partial charge in [-0.25, -0.2) is 9.59 Å². The average Bonchev–Trinajstić information content (AvgIpc) is 3.10. The van der Waals surface area contributed by atoms with Crippen LogP contribution in [0.15, 0.2) is 33.5 Å². The number of nitrogens with zero attached hydrogens (tertiary/aromatic N) is 4. The van der Waals surface area contributed by atoms with Crippen molar-refractivity contribution in [1.29, 1.82) is 0 Å². The summed E-state index contributed by atoms with van der Waals surface area (Å²) in [7, 11) is 1.52. The molecule has 2 saturated heterocycles. The van der Waals surface area contributed by atoms with Crippen LogP contribution in [-0.4, -0.2) is 83.0 Å². The van der Waals surface area contributed by atoms with Crippen molar-refractivity contribution in [2.75, 3.05) is 39.9 Å². The summed E-state index contributed by atoms with van der Waals surface area (Å²) in [6, 6.07) is 6.02. The number of imide groups is 1. The first-order chi connectivity index (χ1) is 15.2. The quantitative estimate of drug-likeness (QED) is 0.619. The van der Waals surface area contributed by atoms with E-state index in [0.29, 0.717) is 24.2 Å². The molecular weight excluding hydrogens is 416 g/mol. The molecule has 2 fully saturated rings. The van der Waals surface area contributed by atoms with E-state index >= 15 is 0 Å². The van der Waals surface area contributed by atoms with Crippen molar-refractivity contribution in [1.82, 2.24) is 19.3 Å². The maximum atomic E-state index is 13.1. The van der Waals surface area contributed by atoms with Gasteiger partial charge in [-0.05, 0) is 12.1 Å². The Morgan fingerprint density at radius 1 is 1.16 bits per heavy atom. The fourth-order valence-electron chi connectivity index (χ4n) is 4.52. The van der Waals surface area contributed by atoms with Crippen LogP contribution in [0.25, 0.3) is 11.1 Å². The van der Waals surface area contributed by atoms with Crippen molar-refractivity contribution in [3.05, 3.63) is 34.8 Å². The Labute approximate surface area is 185 Å². The molecule has 3 heterocycles. The third-order valence-corrected chi connectivity index (χ3v) is 6.01. The van der Waals surface area contributed by atoms with Crippen LogP contribution in [0, 0.1) is 5.41 Å². The highest BCUT2D eigenvalue weighted by molar-refractivity contribution is 6.04. The number of ether oxygens (including phenoxy) is 1. The molecule has 4 rings (SSSR count). The van der Waals surface area contributed by atoms with E-state index in [9.17, 15) is 19.2 Å². The molecule has 4 amide bonds. The minimum atomic E-state index is -0.706. The zero-order valence-corrected chi connectivity index (χ0v) is 18.6. The minimum absolute atomic E-state index is 0.0851. The fourth-order valence-corrected chi connectivity index (χ4v) is 4.52. The number of hydrogen-bond acceptors (Lipinski definition) is 6. The Bertz CT molecular complexity index is 1100. The number of hydrogen-bond donors (Lipinski definition) is 0. The molecule has 0 spiro atoms. The van der Waals surface area contributed by atoms with Crippen molar-refractivity contribution in [3.63, 3.8) is 0 Å². The van der Waals surface area contributed by atoms with E-state index in [1.165, 1.54) is 16.6 Å². The predicted molar refractivity (Wildman–Crippen MR) is 115 cm³/mol. The summed E-state index contributed by atoms with van der Waals surface area (Å²) in [4.78, 5) is 55.5. The molecule has 32 heavy (non-hydrogen) atoms. The van der Waals surface area contributed by atoms with Gasteiger partial charge in [0.2, 0.25) is 5.91 Å². The number of rotatable bonds is 6. The second-order valence-corrected chi connectivity index (χ2v) is 9.08. The Morgan fingerprint density at radius 2 is 1.91 bits per heavy atom. The molecule has 2 aliphatic rings. The van der Waals surface area contributed by atoms with Gasteiger partial charge in [-0.1, -0.05) is 26.0 Å². The summed E-state index contributed by atoms with van der Waals surface area (Å²) >= 11 is 0. The van der Waals surface area contributed by atoms with E-state index in [0.717, 1.165) is 0 Å². The Kier molecular flexibility index (Phi) is 5.81. The van der Waals surface area contributed by atoms with Crippen molar-refractivity contribution in [2.24, 2.45) is 5.41 Å². The predicted octanol–water partition coefficient (Wildman–Crippen LogP) is 1.13. The zero-order valence-electron chi connectivity index (χ0n) is 18.6. The molecule has 0 radical (unpaired) electrons. The van der Waals surface area contributed by atoms with Gasteiger partial charge in [-0.2, -0.15) is 0 Å². The van der Waals surface area contributed by atoms with Gasteiger partial charge >= 0.3 is 11.8 Å². The van der Waals surface area contributed by atoms with Gasteiger partial charge in [0, 0.05) is 38.6 Å². The molecule has 2 aliphatic heterocycles. The number of carbonyl (C=O) groups is 3. The summed E-state index contributed by atoms with van der Waals surface area (Å²) in [5.41, 5.74) is 0.720. The molecule has 10 nitrogen and oxygen atoms in total. The first-order valence-corrected chi connectivity index (χ1v) is 10.7. The number of methoxy groups -OCH3 is 1. The largest absolute Gasteiger partial charge is 0.419 e.